The van der Waals surface area contributed by atoms with Crippen LogP contribution < -0.4 is 10.1 Å². The van der Waals surface area contributed by atoms with Crippen molar-refractivity contribution >= 4 is 17.5 Å². The molecule has 0 unspecified atom stereocenters. The second kappa shape index (κ2) is 9.48. The molecule has 3 aromatic rings. The Bertz CT molecular complexity index is 1230. The van der Waals surface area contributed by atoms with E-state index in [2.05, 4.69) is 25.1 Å². The summed E-state index contributed by atoms with van der Waals surface area (Å²) >= 11 is 6.46. The molecule has 12 heteroatoms. The van der Waals surface area contributed by atoms with Crippen LogP contribution >= 0.6 is 11.6 Å². The number of halogens is 4. The van der Waals surface area contributed by atoms with Crippen LogP contribution in [0.25, 0.3) is 11.4 Å². The second-order valence-corrected chi connectivity index (χ2v) is 8.79. The third-order valence-electron chi connectivity index (χ3n) is 5.86. The minimum Gasteiger partial charge on any atom is -0.406 e. The maximum Gasteiger partial charge on any atom is 0.573 e. The van der Waals surface area contributed by atoms with Crippen molar-refractivity contribution in [2.45, 2.75) is 26.0 Å². The van der Waals surface area contributed by atoms with Crippen LogP contribution in [0, 0.1) is 0 Å². The zero-order valence-corrected chi connectivity index (χ0v) is 19.2. The Kier molecular flexibility index (Phi) is 6.39. The van der Waals surface area contributed by atoms with Crippen LogP contribution in [-0.4, -0.2) is 58.4 Å². The Morgan fingerprint density at radius 2 is 1.86 bits per heavy atom. The van der Waals surface area contributed by atoms with E-state index >= 15 is 0 Å². The van der Waals surface area contributed by atoms with Crippen LogP contribution in [0.4, 0.5) is 13.2 Å². The quantitative estimate of drug-likeness (QED) is 0.542. The molecule has 1 aromatic heterocycles. The van der Waals surface area contributed by atoms with E-state index < -0.39 is 6.36 Å². The number of carbonyl (C=O) groups is 1. The van der Waals surface area contributed by atoms with Crippen molar-refractivity contribution in [1.29, 1.82) is 0 Å². The summed E-state index contributed by atoms with van der Waals surface area (Å²) in [6.45, 7) is 4.70. The molecule has 1 N–H and O–H groups in total. The van der Waals surface area contributed by atoms with Crippen LogP contribution in [-0.2, 0) is 19.6 Å². The van der Waals surface area contributed by atoms with E-state index in [4.69, 9.17) is 16.1 Å². The van der Waals surface area contributed by atoms with E-state index in [0.717, 1.165) is 31.7 Å². The molecule has 2 aromatic carbocycles. The summed E-state index contributed by atoms with van der Waals surface area (Å²) in [6, 6.07) is 8.88. The molecule has 1 fully saturated rings. The Hall–Kier alpha value is -3.15. The van der Waals surface area contributed by atoms with Crippen molar-refractivity contribution in [2.75, 3.05) is 26.2 Å². The van der Waals surface area contributed by atoms with Crippen molar-refractivity contribution in [1.82, 2.24) is 25.3 Å². The van der Waals surface area contributed by atoms with E-state index in [1.807, 2.05) is 6.07 Å². The van der Waals surface area contributed by atoms with E-state index in [0.29, 0.717) is 41.5 Å². The Balaban J connectivity index is 1.29. The predicted octanol–water partition coefficient (Wildman–Crippen LogP) is 3.85. The van der Waals surface area contributed by atoms with Crippen LogP contribution in [0.3, 0.4) is 0 Å². The summed E-state index contributed by atoms with van der Waals surface area (Å²) in [5.74, 6) is 0.334. The second-order valence-electron chi connectivity index (χ2n) is 8.38. The van der Waals surface area contributed by atoms with Gasteiger partial charge in [0.25, 0.3) is 5.91 Å². The molecule has 1 amide bonds. The lowest BCUT2D eigenvalue weighted by Gasteiger charge is -2.25. The highest BCUT2D eigenvalue weighted by Gasteiger charge is 2.32. The molecule has 0 spiro atoms. The van der Waals surface area contributed by atoms with E-state index in [1.165, 1.54) is 24.3 Å². The molecule has 184 valence electrons. The number of ether oxygens (including phenoxy) is 1. The minimum absolute atomic E-state index is 0.211. The molecule has 0 saturated carbocycles. The highest BCUT2D eigenvalue weighted by molar-refractivity contribution is 6.34. The van der Waals surface area contributed by atoms with Gasteiger partial charge in [-0.05, 0) is 35.4 Å². The number of hydrogen-bond acceptors (Lipinski definition) is 7. The number of alkyl halides is 3. The van der Waals surface area contributed by atoms with Crippen molar-refractivity contribution < 1.29 is 27.2 Å². The van der Waals surface area contributed by atoms with Gasteiger partial charge in [-0.3, -0.25) is 9.69 Å². The number of fused-ring (bicyclic) bond motifs is 1. The monoisotopic (exact) mass is 507 g/mol. The topological polar surface area (TPSA) is 83.7 Å². The Morgan fingerprint density at radius 1 is 1.11 bits per heavy atom. The molecule has 0 atom stereocenters. The number of carbonyl (C=O) groups excluding carboxylic acids is 1. The molecule has 1 saturated heterocycles. The number of nitrogens with one attached hydrogen (secondary N) is 1. The van der Waals surface area contributed by atoms with Crippen LogP contribution in [0.2, 0.25) is 5.02 Å². The largest absolute Gasteiger partial charge is 0.573 e. The van der Waals surface area contributed by atoms with Gasteiger partial charge in [0.05, 0.1) is 17.1 Å². The number of piperazine rings is 1. The number of benzene rings is 2. The first-order valence-electron chi connectivity index (χ1n) is 11.0. The Labute approximate surface area is 203 Å². The lowest BCUT2D eigenvalue weighted by molar-refractivity contribution is -0.274. The van der Waals surface area contributed by atoms with Crippen molar-refractivity contribution in [3.05, 3.63) is 64.0 Å². The van der Waals surface area contributed by atoms with Gasteiger partial charge in [0.2, 0.25) is 11.7 Å². The van der Waals surface area contributed by atoms with Gasteiger partial charge >= 0.3 is 6.36 Å². The molecule has 0 bridgehead atoms. The highest BCUT2D eigenvalue weighted by atomic mass is 35.5. The number of amides is 1. The van der Waals surface area contributed by atoms with Gasteiger partial charge in [-0.15, -0.1) is 13.2 Å². The molecule has 2 aliphatic rings. The summed E-state index contributed by atoms with van der Waals surface area (Å²) in [7, 11) is 0. The maximum atomic E-state index is 13.0. The number of aromatic nitrogens is 2. The lowest BCUT2D eigenvalue weighted by atomic mass is 10.1. The highest BCUT2D eigenvalue weighted by Crippen LogP contribution is 2.34. The first kappa shape index (κ1) is 23.6. The fourth-order valence-corrected chi connectivity index (χ4v) is 4.55. The fraction of sp³-hybridized carbons (Fsp3) is 0.348. The predicted molar refractivity (Wildman–Crippen MR) is 120 cm³/mol. The smallest absolute Gasteiger partial charge is 0.406 e. The van der Waals surface area contributed by atoms with E-state index in [-0.39, 0.29) is 23.2 Å². The van der Waals surface area contributed by atoms with Crippen LogP contribution in [0.1, 0.15) is 27.4 Å². The van der Waals surface area contributed by atoms with Gasteiger partial charge in [-0.25, -0.2) is 0 Å². The van der Waals surface area contributed by atoms with Gasteiger partial charge < -0.3 is 19.5 Å². The third-order valence-corrected chi connectivity index (χ3v) is 6.16. The standard InChI is InChI=1S/C23H21ClF3N5O3/c24-18-10-15(21-29-19(35-30-21)13-31-7-5-28-6-8-31)9-16-12-32(22(33)20(16)18)11-14-1-3-17(4-2-14)34-23(25,26)27/h1-4,9-10,28H,5-8,11-13H2. The lowest BCUT2D eigenvalue weighted by Crippen LogP contribution is -2.42. The first-order valence-corrected chi connectivity index (χ1v) is 11.4. The van der Waals surface area contributed by atoms with Gasteiger partial charge in [-0.1, -0.05) is 28.9 Å². The molecular weight excluding hydrogens is 487 g/mol. The molecule has 3 heterocycles. The molecular formula is C23H21ClF3N5O3. The zero-order valence-electron chi connectivity index (χ0n) is 18.4. The number of nitrogens with zero attached hydrogens (tertiary/aromatic N) is 4. The van der Waals surface area contributed by atoms with Gasteiger partial charge in [0, 0.05) is 44.8 Å². The molecule has 8 nitrogen and oxygen atoms in total. The summed E-state index contributed by atoms with van der Waals surface area (Å²) in [5, 5.41) is 7.66. The van der Waals surface area contributed by atoms with Crippen molar-refractivity contribution in [3.8, 4) is 17.1 Å². The van der Waals surface area contributed by atoms with E-state index in [1.54, 1.807) is 11.0 Å². The van der Waals surface area contributed by atoms with Crippen LogP contribution in [0.5, 0.6) is 5.75 Å². The van der Waals surface area contributed by atoms with Crippen molar-refractivity contribution in [3.63, 3.8) is 0 Å². The van der Waals surface area contributed by atoms with Crippen LogP contribution in [0.15, 0.2) is 40.9 Å². The molecule has 5 rings (SSSR count). The summed E-state index contributed by atoms with van der Waals surface area (Å²) in [5.41, 5.74) is 2.43. The van der Waals surface area contributed by atoms with Crippen molar-refractivity contribution in [2.24, 2.45) is 0 Å². The summed E-state index contributed by atoms with van der Waals surface area (Å²) in [4.78, 5) is 21.2. The Morgan fingerprint density at radius 3 is 2.57 bits per heavy atom. The maximum absolute atomic E-state index is 13.0. The first-order chi connectivity index (χ1) is 16.7. The average molecular weight is 508 g/mol. The van der Waals surface area contributed by atoms with Gasteiger partial charge in [-0.2, -0.15) is 4.98 Å². The zero-order chi connectivity index (χ0) is 24.6. The fourth-order valence-electron chi connectivity index (χ4n) is 4.23. The summed E-state index contributed by atoms with van der Waals surface area (Å²) < 4.78 is 46.4. The molecule has 2 aliphatic heterocycles. The minimum atomic E-state index is -4.76. The third kappa shape index (κ3) is 5.42. The number of rotatable bonds is 6. The van der Waals surface area contributed by atoms with Gasteiger partial charge in [0.15, 0.2) is 0 Å². The van der Waals surface area contributed by atoms with E-state index in [9.17, 15) is 18.0 Å². The SMILES string of the molecule is O=C1c2c(Cl)cc(-c3noc(CN4CCNCC4)n3)cc2CN1Cc1ccc(OC(F)(F)F)cc1. The summed E-state index contributed by atoms with van der Waals surface area (Å²) in [6.07, 6.45) is -4.76. The number of hydrogen-bond donors (Lipinski definition) is 1. The molecule has 0 radical (unpaired) electrons. The normalized spacial score (nSPS) is 16.6. The molecule has 0 aliphatic carbocycles. The molecule has 35 heavy (non-hydrogen) atoms. The van der Waals surface area contributed by atoms with Gasteiger partial charge in [0.1, 0.15) is 5.75 Å². The average Bonchev–Trinajstić information content (AvgIpc) is 3.39.